The van der Waals surface area contributed by atoms with E-state index in [1.807, 2.05) is 17.5 Å². The third-order valence-electron chi connectivity index (χ3n) is 3.83. The predicted octanol–water partition coefficient (Wildman–Crippen LogP) is 4.24. The van der Waals surface area contributed by atoms with Gasteiger partial charge in [-0.2, -0.15) is 13.2 Å². The fraction of sp³-hybridized carbons (Fsp3) is 0.375. The summed E-state index contributed by atoms with van der Waals surface area (Å²) in [6, 6.07) is 5.70. The number of hydrogen-bond donors (Lipinski definition) is 1. The number of carbonyl (C=O) groups excluding carboxylic acids is 1. The summed E-state index contributed by atoms with van der Waals surface area (Å²) in [4.78, 5) is 17.5. The zero-order chi connectivity index (χ0) is 17.9. The van der Waals surface area contributed by atoms with Gasteiger partial charge in [-0.05, 0) is 23.6 Å². The second-order valence-electron chi connectivity index (χ2n) is 5.59. The van der Waals surface area contributed by atoms with Crippen molar-refractivity contribution in [3.63, 3.8) is 0 Å². The van der Waals surface area contributed by atoms with Crippen LogP contribution in [-0.2, 0) is 6.18 Å². The van der Waals surface area contributed by atoms with Crippen molar-refractivity contribution in [3.05, 3.63) is 41.4 Å². The van der Waals surface area contributed by atoms with E-state index >= 15 is 0 Å². The molecule has 0 radical (unpaired) electrons. The number of aromatic nitrogens is 1. The van der Waals surface area contributed by atoms with E-state index in [9.17, 15) is 18.0 Å². The summed E-state index contributed by atoms with van der Waals surface area (Å²) in [5.41, 5.74) is -0.806. The number of amides is 2. The largest absolute Gasteiger partial charge is 0.474 e. The average molecular weight is 371 g/mol. The van der Waals surface area contributed by atoms with Gasteiger partial charge in [0.25, 0.3) is 0 Å². The predicted molar refractivity (Wildman–Crippen MR) is 87.8 cm³/mol. The van der Waals surface area contributed by atoms with Crippen LogP contribution in [0.5, 0.6) is 5.88 Å². The number of anilines is 1. The second kappa shape index (κ2) is 7.30. The average Bonchev–Trinajstić information content (AvgIpc) is 3.08. The molecule has 1 fully saturated rings. The Morgan fingerprint density at radius 3 is 2.60 bits per heavy atom. The summed E-state index contributed by atoms with van der Waals surface area (Å²) in [6.07, 6.45) is -2.62. The minimum atomic E-state index is -4.41. The number of ether oxygens (including phenoxy) is 1. The van der Waals surface area contributed by atoms with Crippen molar-refractivity contribution in [1.82, 2.24) is 9.88 Å². The molecular formula is C16H16F3N3O2S. The summed E-state index contributed by atoms with van der Waals surface area (Å²) < 4.78 is 43.1. The van der Waals surface area contributed by atoms with Crippen LogP contribution in [0, 0.1) is 0 Å². The first kappa shape index (κ1) is 17.5. The molecule has 1 aliphatic rings. The van der Waals surface area contributed by atoms with Gasteiger partial charge >= 0.3 is 12.2 Å². The minimum Gasteiger partial charge on any atom is -0.474 e. The molecule has 25 heavy (non-hydrogen) atoms. The summed E-state index contributed by atoms with van der Waals surface area (Å²) in [6.45, 7) is 1.03. The van der Waals surface area contributed by atoms with Gasteiger partial charge in [0.15, 0.2) is 0 Å². The van der Waals surface area contributed by atoms with Crippen LogP contribution in [-0.4, -0.2) is 35.1 Å². The smallest absolute Gasteiger partial charge is 0.417 e. The SMILES string of the molecule is O=C(Nc1cccs1)N1CCC(Oc2ccc(C(F)(F)F)cn2)CC1. The maximum Gasteiger partial charge on any atom is 0.417 e. The number of halogens is 3. The first-order chi connectivity index (χ1) is 11.9. The van der Waals surface area contributed by atoms with Crippen molar-refractivity contribution in [2.75, 3.05) is 18.4 Å². The number of nitrogens with zero attached hydrogens (tertiary/aromatic N) is 2. The second-order valence-corrected chi connectivity index (χ2v) is 6.54. The first-order valence-corrected chi connectivity index (χ1v) is 8.59. The highest BCUT2D eigenvalue weighted by Crippen LogP contribution is 2.29. The fourth-order valence-electron chi connectivity index (χ4n) is 2.50. The summed E-state index contributed by atoms with van der Waals surface area (Å²) >= 11 is 1.45. The molecule has 0 bridgehead atoms. The number of nitrogens with one attached hydrogen (secondary N) is 1. The molecule has 0 saturated carbocycles. The summed E-state index contributed by atoms with van der Waals surface area (Å²) in [5.74, 6) is 0.162. The van der Waals surface area contributed by atoms with Crippen molar-refractivity contribution in [3.8, 4) is 5.88 Å². The van der Waals surface area contributed by atoms with Gasteiger partial charge < -0.3 is 9.64 Å². The minimum absolute atomic E-state index is 0.159. The van der Waals surface area contributed by atoms with E-state index in [1.165, 1.54) is 17.4 Å². The normalized spacial score (nSPS) is 15.9. The Morgan fingerprint density at radius 2 is 2.04 bits per heavy atom. The molecule has 134 valence electrons. The highest BCUT2D eigenvalue weighted by atomic mass is 32.1. The number of piperidine rings is 1. The highest BCUT2D eigenvalue weighted by molar-refractivity contribution is 7.14. The van der Waals surface area contributed by atoms with E-state index in [0.717, 1.165) is 17.3 Å². The molecule has 2 aromatic heterocycles. The Balaban J connectivity index is 1.48. The number of urea groups is 1. The van der Waals surface area contributed by atoms with Crippen molar-refractivity contribution in [2.24, 2.45) is 0 Å². The molecule has 1 saturated heterocycles. The Bertz CT molecular complexity index is 696. The van der Waals surface area contributed by atoms with E-state index < -0.39 is 11.7 Å². The highest BCUT2D eigenvalue weighted by Gasteiger charge is 2.31. The van der Waals surface area contributed by atoms with Crippen LogP contribution >= 0.6 is 11.3 Å². The van der Waals surface area contributed by atoms with Crippen LogP contribution in [0.3, 0.4) is 0 Å². The molecule has 0 unspecified atom stereocenters. The lowest BCUT2D eigenvalue weighted by Crippen LogP contribution is -2.43. The van der Waals surface area contributed by atoms with Crippen LogP contribution in [0.2, 0.25) is 0 Å². The maximum absolute atomic E-state index is 12.5. The van der Waals surface area contributed by atoms with E-state index in [1.54, 1.807) is 4.90 Å². The zero-order valence-corrected chi connectivity index (χ0v) is 13.9. The Morgan fingerprint density at radius 1 is 1.28 bits per heavy atom. The Labute approximate surface area is 146 Å². The van der Waals surface area contributed by atoms with Crippen molar-refractivity contribution in [1.29, 1.82) is 0 Å². The van der Waals surface area contributed by atoms with Crippen LogP contribution in [0.15, 0.2) is 35.8 Å². The van der Waals surface area contributed by atoms with Crippen molar-refractivity contribution >= 4 is 22.4 Å². The molecule has 2 amide bonds. The fourth-order valence-corrected chi connectivity index (χ4v) is 3.11. The summed E-state index contributed by atoms with van der Waals surface area (Å²) in [7, 11) is 0. The van der Waals surface area contributed by atoms with Gasteiger partial charge in [0.2, 0.25) is 5.88 Å². The van der Waals surface area contributed by atoms with Gasteiger partial charge in [-0.1, -0.05) is 0 Å². The molecule has 3 rings (SSSR count). The van der Waals surface area contributed by atoms with Gasteiger partial charge in [0.1, 0.15) is 6.10 Å². The molecule has 0 spiro atoms. The molecular weight excluding hydrogens is 355 g/mol. The third kappa shape index (κ3) is 4.62. The standard InChI is InChI=1S/C16H16F3N3O2S/c17-16(18,19)11-3-4-13(20-10-11)24-12-5-7-22(8-6-12)15(23)21-14-2-1-9-25-14/h1-4,9-10,12H,5-8H2,(H,21,23). The van der Waals surface area contributed by atoms with E-state index in [2.05, 4.69) is 10.3 Å². The van der Waals surface area contributed by atoms with Gasteiger partial charge in [-0.15, -0.1) is 11.3 Å². The number of rotatable bonds is 3. The topological polar surface area (TPSA) is 54.5 Å². The van der Waals surface area contributed by atoms with E-state index in [4.69, 9.17) is 4.74 Å². The quantitative estimate of drug-likeness (QED) is 0.878. The lowest BCUT2D eigenvalue weighted by atomic mass is 10.1. The van der Waals surface area contributed by atoms with Gasteiger partial charge in [0.05, 0.1) is 10.6 Å². The molecule has 0 aliphatic carbocycles. The zero-order valence-electron chi connectivity index (χ0n) is 13.1. The number of thiophene rings is 1. The molecule has 3 heterocycles. The van der Waals surface area contributed by atoms with Crippen LogP contribution in [0.25, 0.3) is 0 Å². The molecule has 1 N–H and O–H groups in total. The molecule has 9 heteroatoms. The Kier molecular flexibility index (Phi) is 5.12. The molecule has 0 aromatic carbocycles. The molecule has 1 aliphatic heterocycles. The number of likely N-dealkylation sites (tertiary alicyclic amines) is 1. The first-order valence-electron chi connectivity index (χ1n) is 7.71. The van der Waals surface area contributed by atoms with E-state index in [-0.39, 0.29) is 18.0 Å². The van der Waals surface area contributed by atoms with Crippen LogP contribution < -0.4 is 10.1 Å². The number of carbonyl (C=O) groups is 1. The summed E-state index contributed by atoms with van der Waals surface area (Å²) in [5, 5.41) is 5.49. The van der Waals surface area contributed by atoms with Gasteiger partial charge in [0, 0.05) is 38.2 Å². The molecule has 5 nitrogen and oxygen atoms in total. The van der Waals surface area contributed by atoms with Crippen molar-refractivity contribution < 1.29 is 22.7 Å². The number of hydrogen-bond acceptors (Lipinski definition) is 4. The Hall–Kier alpha value is -2.29. The number of pyridine rings is 1. The molecule has 0 atom stereocenters. The lowest BCUT2D eigenvalue weighted by molar-refractivity contribution is -0.137. The monoisotopic (exact) mass is 371 g/mol. The maximum atomic E-state index is 12.5. The van der Waals surface area contributed by atoms with Crippen molar-refractivity contribution in [2.45, 2.75) is 25.1 Å². The third-order valence-corrected chi connectivity index (χ3v) is 4.62. The van der Waals surface area contributed by atoms with Crippen LogP contribution in [0.4, 0.5) is 23.0 Å². The lowest BCUT2D eigenvalue weighted by Gasteiger charge is -2.31. The van der Waals surface area contributed by atoms with Gasteiger partial charge in [-0.3, -0.25) is 5.32 Å². The van der Waals surface area contributed by atoms with Crippen LogP contribution in [0.1, 0.15) is 18.4 Å². The number of alkyl halides is 3. The van der Waals surface area contributed by atoms with E-state index in [0.29, 0.717) is 25.9 Å². The van der Waals surface area contributed by atoms with Gasteiger partial charge in [-0.25, -0.2) is 9.78 Å². The molecule has 2 aromatic rings.